The fourth-order valence-electron chi connectivity index (χ4n) is 2.97. The van der Waals surface area contributed by atoms with Crippen LogP contribution < -0.4 is 0 Å². The second kappa shape index (κ2) is 13.0. The van der Waals surface area contributed by atoms with Gasteiger partial charge in [0.1, 0.15) is 6.10 Å². The molecule has 0 radical (unpaired) electrons. The number of aliphatic hydroxyl groups excluding tert-OH is 3. The molecule has 0 unspecified atom stereocenters. The summed E-state index contributed by atoms with van der Waals surface area (Å²) in [4.78, 5) is 10.4. The lowest BCUT2D eigenvalue weighted by atomic mass is 10.0. The van der Waals surface area contributed by atoms with Gasteiger partial charge in [-0.2, -0.15) is 0 Å². The molecule has 0 aliphatic carbocycles. The smallest absolute Gasteiger partial charge is 0.303 e. The van der Waals surface area contributed by atoms with Crippen LogP contribution in [0.2, 0.25) is 0 Å². The number of hydrogen-bond donors (Lipinski definition) is 4. The molecule has 5 atom stereocenters. The molecule has 0 spiro atoms. The summed E-state index contributed by atoms with van der Waals surface area (Å²) < 4.78 is 5.73. The molecule has 1 aliphatic heterocycles. The van der Waals surface area contributed by atoms with Crippen LogP contribution in [-0.2, 0) is 9.53 Å². The monoisotopic (exact) mass is 370 g/mol. The lowest BCUT2D eigenvalue weighted by molar-refractivity contribution is -0.137. The summed E-state index contributed by atoms with van der Waals surface area (Å²) in [6, 6.07) is 0. The zero-order chi connectivity index (χ0) is 19.4. The topological polar surface area (TPSA) is 107 Å². The molecule has 6 heteroatoms. The van der Waals surface area contributed by atoms with E-state index in [-0.39, 0.29) is 12.5 Å². The van der Waals surface area contributed by atoms with Crippen molar-refractivity contribution in [1.29, 1.82) is 0 Å². The summed E-state index contributed by atoms with van der Waals surface area (Å²) in [7, 11) is 0. The highest BCUT2D eigenvalue weighted by Gasteiger charge is 2.36. The van der Waals surface area contributed by atoms with E-state index in [2.05, 4.69) is 6.92 Å². The third-order valence-corrected chi connectivity index (χ3v) is 4.55. The van der Waals surface area contributed by atoms with Crippen molar-refractivity contribution in [3.05, 3.63) is 24.3 Å². The lowest BCUT2D eigenvalue weighted by Crippen LogP contribution is -2.26. The third kappa shape index (κ3) is 9.48. The molecule has 0 aromatic heterocycles. The molecule has 1 heterocycles. The van der Waals surface area contributed by atoms with Crippen LogP contribution in [0.5, 0.6) is 0 Å². The average Bonchev–Trinajstić information content (AvgIpc) is 2.97. The van der Waals surface area contributed by atoms with Gasteiger partial charge in [0.25, 0.3) is 0 Å². The molecule has 1 rings (SSSR count). The highest BCUT2D eigenvalue weighted by atomic mass is 16.5. The van der Waals surface area contributed by atoms with E-state index in [4.69, 9.17) is 9.84 Å². The van der Waals surface area contributed by atoms with Gasteiger partial charge in [-0.3, -0.25) is 4.79 Å². The first-order valence-electron chi connectivity index (χ1n) is 9.68. The van der Waals surface area contributed by atoms with Crippen molar-refractivity contribution in [2.24, 2.45) is 0 Å². The molecule has 1 saturated heterocycles. The molecule has 0 aromatic carbocycles. The average molecular weight is 370 g/mol. The molecular weight excluding hydrogens is 336 g/mol. The SMILES string of the molecule is CCCCC[C@@H](O)[C@@H]1C[C@@H](O)[C@H](/C=C/[C@H](O)C/C=C\CCCC(=O)O)O1. The first kappa shape index (κ1) is 22.8. The van der Waals surface area contributed by atoms with Crippen molar-refractivity contribution in [2.75, 3.05) is 0 Å². The number of aliphatic hydroxyl groups is 3. The van der Waals surface area contributed by atoms with Crippen LogP contribution in [0, 0.1) is 0 Å². The second-order valence-corrected chi connectivity index (χ2v) is 6.95. The number of ether oxygens (including phenoxy) is 1. The van der Waals surface area contributed by atoms with Crippen LogP contribution in [-0.4, -0.2) is 56.9 Å². The Hall–Kier alpha value is -1.21. The first-order valence-corrected chi connectivity index (χ1v) is 9.68. The van der Waals surface area contributed by atoms with E-state index >= 15 is 0 Å². The number of carbonyl (C=O) groups is 1. The van der Waals surface area contributed by atoms with Crippen molar-refractivity contribution in [2.45, 2.75) is 95.2 Å². The largest absolute Gasteiger partial charge is 0.481 e. The lowest BCUT2D eigenvalue weighted by Gasteiger charge is -2.18. The van der Waals surface area contributed by atoms with Crippen LogP contribution >= 0.6 is 0 Å². The van der Waals surface area contributed by atoms with Gasteiger partial charge in [0.2, 0.25) is 0 Å². The number of carboxylic acid groups (broad SMARTS) is 1. The number of aliphatic carboxylic acids is 1. The maximum Gasteiger partial charge on any atom is 0.303 e. The first-order chi connectivity index (χ1) is 12.4. The van der Waals surface area contributed by atoms with Crippen molar-refractivity contribution in [3.63, 3.8) is 0 Å². The Morgan fingerprint density at radius 2 is 2.00 bits per heavy atom. The van der Waals surface area contributed by atoms with E-state index < -0.39 is 30.4 Å². The van der Waals surface area contributed by atoms with E-state index in [9.17, 15) is 20.1 Å². The van der Waals surface area contributed by atoms with E-state index in [0.717, 1.165) is 19.3 Å². The summed E-state index contributed by atoms with van der Waals surface area (Å²) in [5.41, 5.74) is 0. The van der Waals surface area contributed by atoms with Crippen molar-refractivity contribution in [1.82, 2.24) is 0 Å². The van der Waals surface area contributed by atoms with E-state index in [1.807, 2.05) is 12.2 Å². The van der Waals surface area contributed by atoms with Gasteiger partial charge in [-0.15, -0.1) is 0 Å². The van der Waals surface area contributed by atoms with E-state index in [0.29, 0.717) is 32.1 Å². The number of carboxylic acids is 1. The van der Waals surface area contributed by atoms with Gasteiger partial charge in [0, 0.05) is 12.8 Å². The Balaban J connectivity index is 2.29. The molecule has 0 amide bonds. The normalized spacial score (nSPS) is 25.9. The van der Waals surface area contributed by atoms with Crippen LogP contribution in [0.15, 0.2) is 24.3 Å². The molecule has 1 fully saturated rings. The number of hydrogen-bond acceptors (Lipinski definition) is 5. The molecule has 0 aromatic rings. The molecular formula is C20H34O6. The summed E-state index contributed by atoms with van der Waals surface area (Å²) in [6.07, 6.45) is 10.2. The van der Waals surface area contributed by atoms with E-state index in [1.54, 1.807) is 12.2 Å². The van der Waals surface area contributed by atoms with Crippen molar-refractivity contribution < 1.29 is 30.0 Å². The summed E-state index contributed by atoms with van der Waals surface area (Å²) in [6.45, 7) is 2.11. The number of rotatable bonds is 13. The molecule has 4 N–H and O–H groups in total. The zero-order valence-corrected chi connectivity index (χ0v) is 15.7. The quantitative estimate of drug-likeness (QED) is 0.293. The predicted molar refractivity (Wildman–Crippen MR) is 99.8 cm³/mol. The van der Waals surface area contributed by atoms with Crippen molar-refractivity contribution >= 4 is 5.97 Å². The Morgan fingerprint density at radius 3 is 2.69 bits per heavy atom. The van der Waals surface area contributed by atoms with Crippen LogP contribution in [0.1, 0.15) is 64.7 Å². The predicted octanol–water partition coefficient (Wildman–Crippen LogP) is 2.56. The summed E-state index contributed by atoms with van der Waals surface area (Å²) >= 11 is 0. The Kier molecular flexibility index (Phi) is 11.4. The van der Waals surface area contributed by atoms with Crippen LogP contribution in [0.3, 0.4) is 0 Å². The highest BCUT2D eigenvalue weighted by molar-refractivity contribution is 5.66. The Morgan fingerprint density at radius 1 is 1.23 bits per heavy atom. The third-order valence-electron chi connectivity index (χ3n) is 4.55. The van der Waals surface area contributed by atoms with Crippen LogP contribution in [0.25, 0.3) is 0 Å². The second-order valence-electron chi connectivity index (χ2n) is 6.95. The number of allylic oxidation sites excluding steroid dienone is 1. The molecule has 6 nitrogen and oxygen atoms in total. The molecule has 26 heavy (non-hydrogen) atoms. The standard InChI is InChI=1S/C20H34O6/c1-2-3-6-10-16(22)19-14-17(23)18(26-19)13-12-15(21)9-7-4-5-8-11-20(24)25/h4,7,12-13,15-19,21-23H,2-3,5-6,8-11,14H2,1H3,(H,24,25)/b7-4-,13-12+/t15-,16-,17-,18+,19+/m1/s1. The minimum absolute atomic E-state index is 0.148. The molecule has 150 valence electrons. The van der Waals surface area contributed by atoms with Gasteiger partial charge >= 0.3 is 5.97 Å². The maximum atomic E-state index is 10.4. The van der Waals surface area contributed by atoms with Gasteiger partial charge in [0.05, 0.1) is 24.4 Å². The van der Waals surface area contributed by atoms with Crippen LogP contribution in [0.4, 0.5) is 0 Å². The fraction of sp³-hybridized carbons (Fsp3) is 0.750. The van der Waals surface area contributed by atoms with E-state index in [1.165, 1.54) is 0 Å². The summed E-state index contributed by atoms with van der Waals surface area (Å²) in [5.74, 6) is -0.801. The highest BCUT2D eigenvalue weighted by Crippen LogP contribution is 2.26. The summed E-state index contributed by atoms with van der Waals surface area (Å²) in [5, 5.41) is 38.7. The minimum Gasteiger partial charge on any atom is -0.481 e. The maximum absolute atomic E-state index is 10.4. The van der Waals surface area contributed by atoms with Gasteiger partial charge in [0.15, 0.2) is 0 Å². The van der Waals surface area contributed by atoms with Crippen molar-refractivity contribution in [3.8, 4) is 0 Å². The molecule has 1 aliphatic rings. The molecule has 0 saturated carbocycles. The minimum atomic E-state index is -0.801. The Labute approximate surface area is 156 Å². The van der Waals surface area contributed by atoms with Gasteiger partial charge in [-0.25, -0.2) is 0 Å². The molecule has 0 bridgehead atoms. The van der Waals surface area contributed by atoms with Gasteiger partial charge in [-0.1, -0.05) is 50.5 Å². The zero-order valence-electron chi connectivity index (χ0n) is 15.7. The fourth-order valence-corrected chi connectivity index (χ4v) is 2.97. The number of unbranched alkanes of at least 4 members (excludes halogenated alkanes) is 3. The van der Waals surface area contributed by atoms with Gasteiger partial charge in [-0.05, 0) is 25.7 Å². The Bertz CT molecular complexity index is 448. The van der Waals surface area contributed by atoms with Gasteiger partial charge < -0.3 is 25.2 Å².